The lowest BCUT2D eigenvalue weighted by atomic mass is 10.1. The molecule has 0 aliphatic carbocycles. The Balaban J connectivity index is 0. The molecule has 0 saturated carbocycles. The van der Waals surface area contributed by atoms with E-state index in [0.717, 1.165) is 26.2 Å². The van der Waals surface area contributed by atoms with E-state index in [-0.39, 0.29) is 24.0 Å². The second-order valence-corrected chi connectivity index (χ2v) is 8.19. The standard InChI is InChI=1S/C18H38N4O3.HI/c1-14(2)12-24-11-9-10-20-15(19-8)21-13-18(6,7)22-16(23)25-17(3,4)5;/h14H,9-13H2,1-8H3,(H,22,23)(H2,19,20,21);1H. The summed E-state index contributed by atoms with van der Waals surface area (Å²) in [6, 6.07) is 0. The molecule has 0 saturated heterocycles. The second kappa shape index (κ2) is 13.4. The number of carbonyl (C=O) groups is 1. The van der Waals surface area contributed by atoms with Crippen LogP contribution in [0, 0.1) is 5.92 Å². The number of nitrogens with one attached hydrogen (secondary N) is 3. The largest absolute Gasteiger partial charge is 0.444 e. The monoisotopic (exact) mass is 486 g/mol. The lowest BCUT2D eigenvalue weighted by Crippen LogP contribution is -2.54. The van der Waals surface area contributed by atoms with Gasteiger partial charge in [-0.05, 0) is 47.0 Å². The minimum Gasteiger partial charge on any atom is -0.444 e. The molecule has 0 aromatic rings. The summed E-state index contributed by atoms with van der Waals surface area (Å²) in [5, 5.41) is 9.31. The Kier molecular flexibility index (Phi) is 14.2. The fraction of sp³-hybridized carbons (Fsp3) is 0.889. The van der Waals surface area contributed by atoms with Crippen molar-refractivity contribution in [3.63, 3.8) is 0 Å². The van der Waals surface area contributed by atoms with Gasteiger partial charge in [-0.2, -0.15) is 0 Å². The highest BCUT2D eigenvalue weighted by molar-refractivity contribution is 14.0. The normalized spacial score (nSPS) is 12.4. The van der Waals surface area contributed by atoms with Gasteiger partial charge in [0, 0.05) is 33.4 Å². The Morgan fingerprint density at radius 3 is 2.23 bits per heavy atom. The van der Waals surface area contributed by atoms with Crippen LogP contribution in [0.15, 0.2) is 4.99 Å². The highest BCUT2D eigenvalue weighted by atomic mass is 127. The number of nitrogens with zero attached hydrogens (tertiary/aromatic N) is 1. The third-order valence-electron chi connectivity index (χ3n) is 2.97. The van der Waals surface area contributed by atoms with Crippen molar-refractivity contribution in [2.45, 2.75) is 66.0 Å². The fourth-order valence-corrected chi connectivity index (χ4v) is 1.85. The van der Waals surface area contributed by atoms with E-state index < -0.39 is 17.2 Å². The van der Waals surface area contributed by atoms with Gasteiger partial charge in [0.15, 0.2) is 5.96 Å². The summed E-state index contributed by atoms with van der Waals surface area (Å²) < 4.78 is 10.8. The topological polar surface area (TPSA) is 84.0 Å². The van der Waals surface area contributed by atoms with Crippen molar-refractivity contribution in [1.82, 2.24) is 16.0 Å². The molecule has 8 heteroatoms. The zero-order chi connectivity index (χ0) is 19.5. The lowest BCUT2D eigenvalue weighted by molar-refractivity contribution is 0.0474. The summed E-state index contributed by atoms with van der Waals surface area (Å²) in [7, 11) is 1.72. The molecule has 0 aromatic heterocycles. The van der Waals surface area contributed by atoms with Gasteiger partial charge in [-0.25, -0.2) is 4.79 Å². The van der Waals surface area contributed by atoms with Crippen molar-refractivity contribution >= 4 is 36.0 Å². The zero-order valence-corrected chi connectivity index (χ0v) is 20.0. The number of amides is 1. The van der Waals surface area contributed by atoms with Gasteiger partial charge in [0.2, 0.25) is 0 Å². The van der Waals surface area contributed by atoms with E-state index in [0.29, 0.717) is 18.4 Å². The third kappa shape index (κ3) is 16.7. The maximum Gasteiger partial charge on any atom is 0.408 e. The number of carbonyl (C=O) groups excluding carboxylic acids is 1. The molecule has 0 radical (unpaired) electrons. The molecule has 156 valence electrons. The zero-order valence-electron chi connectivity index (χ0n) is 17.7. The van der Waals surface area contributed by atoms with Crippen LogP contribution in [0.1, 0.15) is 54.9 Å². The van der Waals surface area contributed by atoms with Crippen LogP contribution in [0.5, 0.6) is 0 Å². The number of hydrogen-bond donors (Lipinski definition) is 3. The number of alkyl carbamates (subject to hydrolysis) is 1. The first kappa shape index (κ1) is 27.4. The molecule has 0 unspecified atom stereocenters. The Labute approximate surface area is 176 Å². The van der Waals surface area contributed by atoms with Gasteiger partial charge >= 0.3 is 6.09 Å². The maximum absolute atomic E-state index is 11.9. The molecule has 0 spiro atoms. The Morgan fingerprint density at radius 1 is 1.12 bits per heavy atom. The summed E-state index contributed by atoms with van der Waals surface area (Å²) in [4.78, 5) is 16.1. The highest BCUT2D eigenvalue weighted by Gasteiger charge is 2.24. The quantitative estimate of drug-likeness (QED) is 0.202. The minimum atomic E-state index is -0.511. The highest BCUT2D eigenvalue weighted by Crippen LogP contribution is 2.09. The smallest absolute Gasteiger partial charge is 0.408 e. The predicted molar refractivity (Wildman–Crippen MR) is 119 cm³/mol. The molecule has 0 rings (SSSR count). The van der Waals surface area contributed by atoms with Crippen LogP contribution < -0.4 is 16.0 Å². The van der Waals surface area contributed by atoms with E-state index in [1.807, 2.05) is 34.6 Å². The van der Waals surface area contributed by atoms with Crippen molar-refractivity contribution in [2.75, 3.05) is 33.4 Å². The first-order chi connectivity index (χ1) is 11.4. The minimum absolute atomic E-state index is 0. The van der Waals surface area contributed by atoms with Crippen LogP contribution in [0.3, 0.4) is 0 Å². The second-order valence-electron chi connectivity index (χ2n) is 8.19. The van der Waals surface area contributed by atoms with E-state index in [1.165, 1.54) is 0 Å². The molecule has 0 aromatic carbocycles. The molecule has 26 heavy (non-hydrogen) atoms. The summed E-state index contributed by atoms with van der Waals surface area (Å²) >= 11 is 0. The number of aliphatic imine (C=N–C) groups is 1. The van der Waals surface area contributed by atoms with Crippen LogP contribution in [0.2, 0.25) is 0 Å². The van der Waals surface area contributed by atoms with Gasteiger partial charge in [-0.15, -0.1) is 24.0 Å². The van der Waals surface area contributed by atoms with E-state index in [4.69, 9.17) is 9.47 Å². The molecular formula is C18H39IN4O3. The summed E-state index contributed by atoms with van der Waals surface area (Å²) in [6.07, 6.45) is 0.483. The number of rotatable bonds is 9. The molecule has 0 bridgehead atoms. The third-order valence-corrected chi connectivity index (χ3v) is 2.97. The van der Waals surface area contributed by atoms with E-state index in [2.05, 4.69) is 34.8 Å². The Bertz CT molecular complexity index is 421. The van der Waals surface area contributed by atoms with Crippen LogP contribution in [0.4, 0.5) is 4.79 Å². The fourth-order valence-electron chi connectivity index (χ4n) is 1.85. The number of guanidine groups is 1. The molecule has 0 aliphatic rings. The predicted octanol–water partition coefficient (Wildman–Crippen LogP) is 3.14. The van der Waals surface area contributed by atoms with Gasteiger partial charge in [0.25, 0.3) is 0 Å². The first-order valence-electron chi connectivity index (χ1n) is 8.98. The van der Waals surface area contributed by atoms with Crippen LogP contribution in [0.25, 0.3) is 0 Å². The summed E-state index contributed by atoms with van der Waals surface area (Å²) in [6.45, 7) is 16.5. The molecular weight excluding hydrogens is 447 g/mol. The average molecular weight is 486 g/mol. The van der Waals surface area contributed by atoms with Crippen molar-refractivity contribution in [1.29, 1.82) is 0 Å². The van der Waals surface area contributed by atoms with E-state index >= 15 is 0 Å². The Morgan fingerprint density at radius 2 is 1.73 bits per heavy atom. The van der Waals surface area contributed by atoms with Gasteiger partial charge in [-0.3, -0.25) is 4.99 Å². The molecule has 0 aliphatic heterocycles. The van der Waals surface area contributed by atoms with Gasteiger partial charge in [0.05, 0.1) is 5.54 Å². The SMILES string of the molecule is CN=C(NCCCOCC(C)C)NCC(C)(C)NC(=O)OC(C)(C)C.I. The maximum atomic E-state index is 11.9. The van der Waals surface area contributed by atoms with Gasteiger partial charge in [0.1, 0.15) is 5.60 Å². The van der Waals surface area contributed by atoms with Crippen LogP contribution in [-0.4, -0.2) is 56.5 Å². The van der Waals surface area contributed by atoms with Crippen molar-refractivity contribution in [2.24, 2.45) is 10.9 Å². The molecule has 3 N–H and O–H groups in total. The van der Waals surface area contributed by atoms with Gasteiger partial charge < -0.3 is 25.4 Å². The number of hydrogen-bond acceptors (Lipinski definition) is 4. The molecule has 7 nitrogen and oxygen atoms in total. The van der Waals surface area contributed by atoms with Crippen molar-refractivity contribution in [3.05, 3.63) is 0 Å². The molecule has 1 amide bonds. The number of halogens is 1. The summed E-state index contributed by atoms with van der Waals surface area (Å²) in [5.74, 6) is 1.25. The van der Waals surface area contributed by atoms with E-state index in [9.17, 15) is 4.79 Å². The van der Waals surface area contributed by atoms with Gasteiger partial charge in [-0.1, -0.05) is 13.8 Å². The van der Waals surface area contributed by atoms with Crippen molar-refractivity contribution in [3.8, 4) is 0 Å². The van der Waals surface area contributed by atoms with Crippen LogP contribution >= 0.6 is 24.0 Å². The lowest BCUT2D eigenvalue weighted by Gasteiger charge is -2.29. The molecule has 0 heterocycles. The summed E-state index contributed by atoms with van der Waals surface area (Å²) in [5.41, 5.74) is -0.983. The van der Waals surface area contributed by atoms with Crippen LogP contribution in [-0.2, 0) is 9.47 Å². The Hall–Kier alpha value is -0.770. The average Bonchev–Trinajstić information content (AvgIpc) is 2.42. The first-order valence-corrected chi connectivity index (χ1v) is 8.98. The molecule has 0 atom stereocenters. The van der Waals surface area contributed by atoms with Crippen molar-refractivity contribution < 1.29 is 14.3 Å². The van der Waals surface area contributed by atoms with E-state index in [1.54, 1.807) is 7.05 Å². The number of ether oxygens (including phenoxy) is 2. The molecule has 0 fully saturated rings.